The summed E-state index contributed by atoms with van der Waals surface area (Å²) in [5.41, 5.74) is 3.02. The van der Waals surface area contributed by atoms with Crippen LogP contribution < -0.4 is 25.2 Å². The van der Waals surface area contributed by atoms with Crippen LogP contribution in [0.2, 0.25) is 0 Å². The van der Waals surface area contributed by atoms with Gasteiger partial charge in [-0.1, -0.05) is 0 Å². The Morgan fingerprint density at radius 3 is 2.93 bits per heavy atom. The van der Waals surface area contributed by atoms with Gasteiger partial charge >= 0.3 is 0 Å². The molecule has 0 saturated carbocycles. The summed E-state index contributed by atoms with van der Waals surface area (Å²) in [5, 5.41) is 3.43. The Morgan fingerprint density at radius 2 is 2.04 bits per heavy atom. The average molecular weight is 364 g/mol. The summed E-state index contributed by atoms with van der Waals surface area (Å²) in [4.78, 5) is 19.7. The van der Waals surface area contributed by atoms with E-state index < -0.39 is 0 Å². The summed E-state index contributed by atoms with van der Waals surface area (Å²) in [6.07, 6.45) is 1.88. The van der Waals surface area contributed by atoms with Crippen LogP contribution in [0.5, 0.6) is 11.5 Å². The highest BCUT2D eigenvalue weighted by Crippen LogP contribution is 2.35. The second-order valence-corrected chi connectivity index (χ2v) is 6.96. The second-order valence-electron chi connectivity index (χ2n) is 6.96. The number of rotatable bonds is 2. The fourth-order valence-electron chi connectivity index (χ4n) is 3.65. The van der Waals surface area contributed by atoms with Gasteiger partial charge in [-0.25, -0.2) is 4.98 Å². The van der Waals surface area contributed by atoms with Crippen LogP contribution in [0.25, 0.3) is 16.9 Å². The highest BCUT2D eigenvalue weighted by atomic mass is 16.7. The fraction of sp³-hybridized carbons (Fsp3) is 0.300. The van der Waals surface area contributed by atoms with Crippen molar-refractivity contribution in [1.29, 1.82) is 0 Å². The standard InChI is InChI=1S/C20H20N4O3/c1-13-10-23(7-6-21-13)15-3-5-19-22-16(9-20(25)24(19)11-15)14-2-4-17-18(8-14)27-12-26-17/h2-5,8-9,11,13,21H,6-7,10,12H2,1H3/t13-/m1/s1. The molecule has 5 rings (SSSR count). The summed E-state index contributed by atoms with van der Waals surface area (Å²) in [5.74, 6) is 1.39. The summed E-state index contributed by atoms with van der Waals surface area (Å²) < 4.78 is 12.4. The summed E-state index contributed by atoms with van der Waals surface area (Å²) in [6.45, 7) is 5.17. The van der Waals surface area contributed by atoms with E-state index >= 15 is 0 Å². The van der Waals surface area contributed by atoms with Gasteiger partial charge in [-0.2, -0.15) is 0 Å². The molecule has 0 radical (unpaired) electrons. The van der Waals surface area contributed by atoms with Gasteiger partial charge in [0.05, 0.1) is 11.4 Å². The molecule has 0 bridgehead atoms. The maximum atomic E-state index is 12.7. The Morgan fingerprint density at radius 1 is 1.15 bits per heavy atom. The Hall–Kier alpha value is -3.06. The third-order valence-corrected chi connectivity index (χ3v) is 5.05. The van der Waals surface area contributed by atoms with Gasteiger partial charge in [0.2, 0.25) is 6.79 Å². The van der Waals surface area contributed by atoms with Crippen molar-refractivity contribution in [3.63, 3.8) is 0 Å². The van der Waals surface area contributed by atoms with Gasteiger partial charge in [-0.3, -0.25) is 9.20 Å². The molecule has 0 amide bonds. The van der Waals surface area contributed by atoms with Gasteiger partial charge in [-0.05, 0) is 37.3 Å². The first kappa shape index (κ1) is 16.1. The number of benzene rings is 1. The first-order valence-corrected chi connectivity index (χ1v) is 9.09. The number of aromatic nitrogens is 2. The van der Waals surface area contributed by atoms with E-state index in [1.54, 1.807) is 10.5 Å². The molecule has 0 spiro atoms. The maximum Gasteiger partial charge on any atom is 0.258 e. The van der Waals surface area contributed by atoms with E-state index in [0.29, 0.717) is 28.9 Å². The predicted octanol–water partition coefficient (Wildman–Crippen LogP) is 1.89. The lowest BCUT2D eigenvalue weighted by atomic mass is 10.1. The summed E-state index contributed by atoms with van der Waals surface area (Å²) in [6, 6.07) is 11.5. The Bertz CT molecular complexity index is 1080. The van der Waals surface area contributed by atoms with Gasteiger partial charge in [0, 0.05) is 43.5 Å². The third-order valence-electron chi connectivity index (χ3n) is 5.05. The Kier molecular flexibility index (Phi) is 3.75. The lowest BCUT2D eigenvalue weighted by Crippen LogP contribution is -2.49. The fourth-order valence-corrected chi connectivity index (χ4v) is 3.65. The molecule has 1 N–H and O–H groups in total. The number of pyridine rings is 1. The summed E-state index contributed by atoms with van der Waals surface area (Å²) in [7, 11) is 0. The molecule has 7 nitrogen and oxygen atoms in total. The first-order chi connectivity index (χ1) is 13.2. The Balaban J connectivity index is 1.54. The van der Waals surface area contributed by atoms with Crippen LogP contribution in [0.1, 0.15) is 6.92 Å². The van der Waals surface area contributed by atoms with Gasteiger partial charge in [0.1, 0.15) is 5.65 Å². The number of hydrogen-bond donors (Lipinski definition) is 1. The van der Waals surface area contributed by atoms with Crippen molar-refractivity contribution in [2.24, 2.45) is 0 Å². The van der Waals surface area contributed by atoms with Crippen LogP contribution in [-0.4, -0.2) is 41.9 Å². The average Bonchev–Trinajstić information content (AvgIpc) is 3.15. The minimum atomic E-state index is -0.0994. The molecule has 2 aliphatic heterocycles. The van der Waals surface area contributed by atoms with E-state index in [1.165, 1.54) is 0 Å². The normalized spacial score (nSPS) is 18.9. The number of nitrogens with one attached hydrogen (secondary N) is 1. The zero-order valence-electron chi connectivity index (χ0n) is 15.0. The monoisotopic (exact) mass is 364 g/mol. The molecule has 138 valence electrons. The van der Waals surface area contributed by atoms with Crippen LogP contribution in [0.4, 0.5) is 5.69 Å². The summed E-state index contributed by atoms with van der Waals surface area (Å²) >= 11 is 0. The van der Waals surface area contributed by atoms with Gasteiger partial charge < -0.3 is 19.7 Å². The highest BCUT2D eigenvalue weighted by Gasteiger charge is 2.18. The van der Waals surface area contributed by atoms with E-state index in [-0.39, 0.29) is 12.4 Å². The molecular weight excluding hydrogens is 344 g/mol. The zero-order chi connectivity index (χ0) is 18.4. The van der Waals surface area contributed by atoms with Gasteiger partial charge in [0.15, 0.2) is 11.5 Å². The molecule has 1 fully saturated rings. The van der Waals surface area contributed by atoms with Crippen molar-refractivity contribution in [1.82, 2.24) is 14.7 Å². The van der Waals surface area contributed by atoms with E-state index in [2.05, 4.69) is 22.1 Å². The highest BCUT2D eigenvalue weighted by molar-refractivity contribution is 5.66. The van der Waals surface area contributed by atoms with Crippen molar-refractivity contribution in [3.8, 4) is 22.8 Å². The first-order valence-electron chi connectivity index (χ1n) is 9.09. The van der Waals surface area contributed by atoms with E-state index in [1.807, 2.05) is 36.5 Å². The molecule has 1 saturated heterocycles. The molecule has 3 aromatic rings. The Labute approximate surface area is 156 Å². The number of nitrogens with zero attached hydrogens (tertiary/aromatic N) is 3. The van der Waals surface area contributed by atoms with E-state index in [4.69, 9.17) is 9.47 Å². The molecule has 2 aromatic heterocycles. The van der Waals surface area contributed by atoms with Crippen LogP contribution >= 0.6 is 0 Å². The van der Waals surface area contributed by atoms with Crippen molar-refractivity contribution in [2.75, 3.05) is 31.3 Å². The smallest absolute Gasteiger partial charge is 0.258 e. The molecule has 4 heterocycles. The number of anilines is 1. The maximum absolute atomic E-state index is 12.7. The van der Waals surface area contributed by atoms with Crippen molar-refractivity contribution in [2.45, 2.75) is 13.0 Å². The lowest BCUT2D eigenvalue weighted by molar-refractivity contribution is 0.174. The third kappa shape index (κ3) is 2.90. The van der Waals surface area contributed by atoms with E-state index in [0.717, 1.165) is 30.9 Å². The van der Waals surface area contributed by atoms with Crippen LogP contribution in [-0.2, 0) is 0 Å². The second kappa shape index (κ2) is 6.28. The molecule has 2 aliphatic rings. The minimum absolute atomic E-state index is 0.0994. The molecular formula is C20H20N4O3. The topological polar surface area (TPSA) is 68.1 Å². The van der Waals surface area contributed by atoms with Crippen molar-refractivity contribution in [3.05, 3.63) is 52.9 Å². The van der Waals surface area contributed by atoms with E-state index in [9.17, 15) is 4.79 Å². The predicted molar refractivity (Wildman–Crippen MR) is 103 cm³/mol. The number of ether oxygens (including phenoxy) is 2. The SMILES string of the molecule is C[C@@H]1CN(c2ccc3nc(-c4ccc5c(c4)OCO5)cc(=O)n3c2)CCN1. The molecule has 0 aliphatic carbocycles. The van der Waals surface area contributed by atoms with Gasteiger partial charge in [0.25, 0.3) is 5.56 Å². The number of fused-ring (bicyclic) bond motifs is 2. The zero-order valence-corrected chi connectivity index (χ0v) is 15.0. The number of hydrogen-bond acceptors (Lipinski definition) is 6. The quantitative estimate of drug-likeness (QED) is 0.749. The molecule has 1 aromatic carbocycles. The van der Waals surface area contributed by atoms with Crippen LogP contribution in [0, 0.1) is 0 Å². The van der Waals surface area contributed by atoms with Crippen molar-refractivity contribution >= 4 is 11.3 Å². The lowest BCUT2D eigenvalue weighted by Gasteiger charge is -2.33. The van der Waals surface area contributed by atoms with Crippen LogP contribution in [0.3, 0.4) is 0 Å². The largest absolute Gasteiger partial charge is 0.454 e. The van der Waals surface area contributed by atoms with Crippen molar-refractivity contribution < 1.29 is 9.47 Å². The molecule has 1 atom stereocenters. The van der Waals surface area contributed by atoms with Crippen LogP contribution in [0.15, 0.2) is 47.4 Å². The molecule has 7 heteroatoms. The minimum Gasteiger partial charge on any atom is -0.454 e. The molecule has 0 unspecified atom stereocenters. The number of piperazine rings is 1. The molecule has 27 heavy (non-hydrogen) atoms. The van der Waals surface area contributed by atoms with Gasteiger partial charge in [-0.15, -0.1) is 0 Å².